The molecule has 0 aromatic heterocycles. The Balaban J connectivity index is 0.00000200. The fourth-order valence-electron chi connectivity index (χ4n) is 1.66. The quantitative estimate of drug-likeness (QED) is 0.790. The molecule has 4 nitrogen and oxygen atoms in total. The van der Waals surface area contributed by atoms with Crippen LogP contribution in [0.2, 0.25) is 0 Å². The molecule has 2 rings (SSSR count). The van der Waals surface area contributed by atoms with Gasteiger partial charge in [-0.2, -0.15) is 0 Å². The van der Waals surface area contributed by atoms with Gasteiger partial charge in [0.05, 0.1) is 12.7 Å². The van der Waals surface area contributed by atoms with E-state index in [1.807, 2.05) is 30.3 Å². The smallest absolute Gasteiger partial charge is 1.00 e. The second-order valence-electron chi connectivity index (χ2n) is 3.95. The van der Waals surface area contributed by atoms with Crippen molar-refractivity contribution in [1.82, 2.24) is 0 Å². The van der Waals surface area contributed by atoms with Crippen LogP contribution in [0.4, 0.5) is 0 Å². The number of carboxylic acids is 1. The third-order valence-electron chi connectivity index (χ3n) is 2.65. The van der Waals surface area contributed by atoms with Crippen LogP contribution < -0.4 is 39.0 Å². The summed E-state index contributed by atoms with van der Waals surface area (Å²) in [6.07, 6.45) is 0. The topological polar surface area (TPSA) is 55.8 Å². The van der Waals surface area contributed by atoms with E-state index in [9.17, 15) is 4.79 Å². The summed E-state index contributed by atoms with van der Waals surface area (Å²) in [6, 6.07) is 14.3. The molecule has 0 unspecified atom stereocenters. The average molecular weight is 282 g/mol. The Labute approximate surface area is 141 Å². The van der Waals surface area contributed by atoms with Crippen LogP contribution in [-0.4, -0.2) is 18.2 Å². The van der Waals surface area contributed by atoms with Crippen LogP contribution >= 0.6 is 0 Å². The van der Waals surface area contributed by atoms with Gasteiger partial charge in [-0.15, -0.1) is 0 Å². The third kappa shape index (κ3) is 4.27. The first-order valence-electron chi connectivity index (χ1n) is 5.79. The fourth-order valence-corrected chi connectivity index (χ4v) is 1.66. The number of rotatable bonds is 5. The number of methoxy groups -OCH3 is 1. The average Bonchev–Trinajstić information content (AvgIpc) is 2.45. The van der Waals surface area contributed by atoms with E-state index in [4.69, 9.17) is 14.6 Å². The maximum atomic E-state index is 10.9. The first-order valence-corrected chi connectivity index (χ1v) is 5.79. The molecule has 0 saturated carbocycles. The van der Waals surface area contributed by atoms with Crippen LogP contribution in [0.3, 0.4) is 0 Å². The van der Waals surface area contributed by atoms with Gasteiger partial charge < -0.3 is 16.0 Å². The van der Waals surface area contributed by atoms with Crippen LogP contribution in [0.25, 0.3) is 0 Å². The molecule has 0 fully saturated rings. The van der Waals surface area contributed by atoms with E-state index in [2.05, 4.69) is 0 Å². The van der Waals surface area contributed by atoms with Crippen LogP contribution in [0.1, 0.15) is 17.3 Å². The first-order chi connectivity index (χ1) is 9.20. The largest absolute Gasteiger partial charge is 1.00 e. The zero-order valence-corrected chi connectivity index (χ0v) is 13.5. The van der Waals surface area contributed by atoms with E-state index in [0.29, 0.717) is 18.1 Å². The summed E-state index contributed by atoms with van der Waals surface area (Å²) in [5.41, 5.74) is 1.20. The molecule has 0 saturated heterocycles. The molecule has 0 amide bonds. The van der Waals surface area contributed by atoms with Crippen molar-refractivity contribution in [2.45, 2.75) is 6.61 Å². The van der Waals surface area contributed by atoms with Crippen LogP contribution in [0.15, 0.2) is 48.5 Å². The van der Waals surface area contributed by atoms with Crippen LogP contribution in [-0.2, 0) is 6.61 Å². The molecule has 100 valence electrons. The Morgan fingerprint density at radius 1 is 1.15 bits per heavy atom. The predicted octanol–water partition coefficient (Wildman–Crippen LogP) is 0.0889. The van der Waals surface area contributed by atoms with Crippen molar-refractivity contribution in [1.29, 1.82) is 0 Å². The van der Waals surface area contributed by atoms with E-state index in [1.54, 1.807) is 6.07 Å². The molecule has 0 spiro atoms. The summed E-state index contributed by atoms with van der Waals surface area (Å²) in [5, 5.41) is 8.91. The van der Waals surface area contributed by atoms with Crippen molar-refractivity contribution in [3.8, 4) is 11.5 Å². The first kappa shape index (κ1) is 16.6. The van der Waals surface area contributed by atoms with Gasteiger partial charge in [0.2, 0.25) is 0 Å². The van der Waals surface area contributed by atoms with Gasteiger partial charge in [-0.3, -0.25) is 0 Å². The van der Waals surface area contributed by atoms with Gasteiger partial charge in [0.25, 0.3) is 0 Å². The van der Waals surface area contributed by atoms with E-state index < -0.39 is 5.97 Å². The van der Waals surface area contributed by atoms with Gasteiger partial charge in [-0.1, -0.05) is 30.3 Å². The Kier molecular flexibility index (Phi) is 6.58. The van der Waals surface area contributed by atoms with Crippen molar-refractivity contribution in [3.63, 3.8) is 0 Å². The minimum absolute atomic E-state index is 0. The molecule has 2 aromatic carbocycles. The van der Waals surface area contributed by atoms with Gasteiger partial charge in [-0.05, 0) is 23.8 Å². The molecule has 2 aromatic rings. The van der Waals surface area contributed by atoms with Crippen molar-refractivity contribution in [2.24, 2.45) is 0 Å². The van der Waals surface area contributed by atoms with Gasteiger partial charge in [-0.25, -0.2) is 4.79 Å². The second-order valence-corrected chi connectivity index (χ2v) is 3.95. The molecular formula is C15H15NaO4. The van der Waals surface area contributed by atoms with E-state index in [-0.39, 0.29) is 36.5 Å². The summed E-state index contributed by atoms with van der Waals surface area (Å²) in [4.78, 5) is 10.9. The Morgan fingerprint density at radius 2 is 1.85 bits per heavy atom. The molecule has 0 aliphatic carbocycles. The van der Waals surface area contributed by atoms with Crippen molar-refractivity contribution < 1.29 is 50.4 Å². The van der Waals surface area contributed by atoms with E-state index in [0.717, 1.165) is 5.56 Å². The van der Waals surface area contributed by atoms with E-state index in [1.165, 1.54) is 19.2 Å². The summed E-state index contributed by atoms with van der Waals surface area (Å²) >= 11 is 0. The Bertz CT molecular complexity index is 575. The number of hydrogen-bond acceptors (Lipinski definition) is 3. The number of ether oxygens (including phenoxy) is 2. The molecule has 0 bridgehead atoms. The summed E-state index contributed by atoms with van der Waals surface area (Å²) < 4.78 is 10.8. The summed E-state index contributed by atoms with van der Waals surface area (Å²) in [7, 11) is 1.48. The Morgan fingerprint density at radius 3 is 2.45 bits per heavy atom. The molecule has 0 heterocycles. The van der Waals surface area contributed by atoms with Crippen molar-refractivity contribution in [3.05, 3.63) is 59.7 Å². The number of carboxylic acid groups (broad SMARTS) is 1. The second kappa shape index (κ2) is 7.94. The molecule has 1 N–H and O–H groups in total. The molecule has 5 heteroatoms. The standard InChI is InChI=1S/C15H14O4.Na.H/c1-18-14-9-12(15(16)17)7-8-13(14)19-10-11-5-3-2-4-6-11;;/h2-9H,10H2,1H3,(H,16,17);;/q;+1;-1. The molecular weight excluding hydrogens is 267 g/mol. The zero-order valence-electron chi connectivity index (χ0n) is 12.5. The number of hydrogen-bond donors (Lipinski definition) is 1. The fraction of sp³-hybridized carbons (Fsp3) is 0.133. The van der Waals surface area contributed by atoms with Crippen molar-refractivity contribution >= 4 is 5.97 Å². The maximum Gasteiger partial charge on any atom is 1.00 e. The van der Waals surface area contributed by atoms with Gasteiger partial charge in [0, 0.05) is 0 Å². The van der Waals surface area contributed by atoms with Gasteiger partial charge in [0.1, 0.15) is 6.61 Å². The molecule has 0 radical (unpaired) electrons. The summed E-state index contributed by atoms with van der Waals surface area (Å²) in [6.45, 7) is 0.406. The molecule has 20 heavy (non-hydrogen) atoms. The SMILES string of the molecule is COc1cc(C(=O)O)ccc1OCc1ccccc1.[H-].[Na+]. The molecule has 0 aliphatic rings. The van der Waals surface area contributed by atoms with Crippen molar-refractivity contribution in [2.75, 3.05) is 7.11 Å². The number of aromatic carboxylic acids is 1. The van der Waals surface area contributed by atoms with E-state index >= 15 is 0 Å². The molecule has 0 aliphatic heterocycles. The van der Waals surface area contributed by atoms with Gasteiger partial charge >= 0.3 is 35.5 Å². The Hall–Kier alpha value is -1.49. The third-order valence-corrected chi connectivity index (χ3v) is 2.65. The van der Waals surface area contributed by atoms with Gasteiger partial charge in [0.15, 0.2) is 11.5 Å². The normalized spacial score (nSPS) is 9.45. The van der Waals surface area contributed by atoms with Crippen LogP contribution in [0.5, 0.6) is 11.5 Å². The minimum atomic E-state index is -0.993. The maximum absolute atomic E-state index is 10.9. The van der Waals surface area contributed by atoms with Crippen LogP contribution in [0, 0.1) is 0 Å². The summed E-state index contributed by atoms with van der Waals surface area (Å²) in [5.74, 6) is -0.0555. The number of carbonyl (C=O) groups is 1. The monoisotopic (exact) mass is 282 g/mol. The minimum Gasteiger partial charge on any atom is -1.00 e. The number of benzene rings is 2. The predicted molar refractivity (Wildman–Crippen MR) is 71.8 cm³/mol. The molecule has 0 atom stereocenters. The zero-order chi connectivity index (χ0) is 13.7.